The van der Waals surface area contributed by atoms with E-state index in [1.807, 2.05) is 0 Å². The van der Waals surface area contributed by atoms with Crippen molar-refractivity contribution in [3.8, 4) is 0 Å². The molecule has 0 spiro atoms. The standard InChI is InChI=1S/C16H20N2O4S/c1-7-11(13(17)19)15(23-12(7)16(21)22-2)18-14(20)10-6-8-3-4-9(10)5-8/h8-10H,3-6H2,1-2H3,(H2,17,19)(H,18,20)/t8-,9+,10+/m1/s1. The molecule has 1 aromatic rings. The lowest BCUT2D eigenvalue weighted by Gasteiger charge is -2.20. The van der Waals surface area contributed by atoms with Gasteiger partial charge < -0.3 is 15.8 Å². The number of hydrogen-bond acceptors (Lipinski definition) is 5. The molecule has 2 saturated carbocycles. The topological polar surface area (TPSA) is 98.5 Å². The van der Waals surface area contributed by atoms with Crippen LogP contribution in [-0.4, -0.2) is 24.9 Å². The second-order valence-corrected chi connectivity index (χ2v) is 7.41. The summed E-state index contributed by atoms with van der Waals surface area (Å²) in [4.78, 5) is 36.4. The molecule has 124 valence electrons. The molecule has 1 aromatic heterocycles. The Morgan fingerprint density at radius 2 is 2.00 bits per heavy atom. The van der Waals surface area contributed by atoms with Gasteiger partial charge in [-0.25, -0.2) is 4.79 Å². The minimum atomic E-state index is -0.655. The largest absolute Gasteiger partial charge is 0.465 e. The highest BCUT2D eigenvalue weighted by molar-refractivity contribution is 7.18. The lowest BCUT2D eigenvalue weighted by Crippen LogP contribution is -2.27. The van der Waals surface area contributed by atoms with E-state index in [0.29, 0.717) is 27.3 Å². The molecule has 0 saturated heterocycles. The van der Waals surface area contributed by atoms with E-state index in [4.69, 9.17) is 10.5 Å². The number of nitrogens with one attached hydrogen (secondary N) is 1. The van der Waals surface area contributed by atoms with Crippen molar-refractivity contribution in [3.63, 3.8) is 0 Å². The van der Waals surface area contributed by atoms with E-state index >= 15 is 0 Å². The molecule has 2 aliphatic carbocycles. The van der Waals surface area contributed by atoms with Gasteiger partial charge in [0, 0.05) is 5.92 Å². The average Bonchev–Trinajstić information content (AvgIpc) is 3.20. The van der Waals surface area contributed by atoms with Crippen LogP contribution in [0.25, 0.3) is 0 Å². The quantitative estimate of drug-likeness (QED) is 0.824. The number of methoxy groups -OCH3 is 1. The van der Waals surface area contributed by atoms with Gasteiger partial charge in [0.1, 0.15) is 9.88 Å². The van der Waals surface area contributed by atoms with Crippen LogP contribution >= 0.6 is 11.3 Å². The fourth-order valence-corrected chi connectivity index (χ4v) is 5.09. The first-order valence-electron chi connectivity index (χ1n) is 7.74. The minimum Gasteiger partial charge on any atom is -0.465 e. The number of hydrogen-bond donors (Lipinski definition) is 2. The SMILES string of the molecule is COC(=O)c1sc(NC(=O)[C@H]2C[C@@H]3CC[C@H]2C3)c(C(N)=O)c1C. The molecule has 3 atom stereocenters. The van der Waals surface area contributed by atoms with E-state index in [9.17, 15) is 14.4 Å². The number of fused-ring (bicyclic) bond motifs is 2. The molecule has 2 bridgehead atoms. The second kappa shape index (κ2) is 5.96. The molecular weight excluding hydrogens is 316 g/mol. The first-order chi connectivity index (χ1) is 10.9. The average molecular weight is 336 g/mol. The smallest absolute Gasteiger partial charge is 0.348 e. The summed E-state index contributed by atoms with van der Waals surface area (Å²) in [5.74, 6) is -0.163. The fraction of sp³-hybridized carbons (Fsp3) is 0.562. The van der Waals surface area contributed by atoms with Crippen LogP contribution in [0.4, 0.5) is 5.00 Å². The Hall–Kier alpha value is -1.89. The third-order valence-electron chi connectivity index (χ3n) is 5.08. The maximum Gasteiger partial charge on any atom is 0.348 e. The summed E-state index contributed by atoms with van der Waals surface area (Å²) in [5, 5.41) is 3.18. The monoisotopic (exact) mass is 336 g/mol. The molecule has 3 N–H and O–H groups in total. The predicted molar refractivity (Wildman–Crippen MR) is 86.5 cm³/mol. The van der Waals surface area contributed by atoms with Crippen LogP contribution in [0.1, 0.15) is 51.3 Å². The van der Waals surface area contributed by atoms with Crippen LogP contribution in [0.5, 0.6) is 0 Å². The minimum absolute atomic E-state index is 0.00143. The number of anilines is 1. The van der Waals surface area contributed by atoms with Crippen LogP contribution in [0.3, 0.4) is 0 Å². The third kappa shape index (κ3) is 2.73. The molecule has 0 unspecified atom stereocenters. The van der Waals surface area contributed by atoms with Gasteiger partial charge >= 0.3 is 5.97 Å². The molecule has 6 nitrogen and oxygen atoms in total. The summed E-state index contributed by atoms with van der Waals surface area (Å²) < 4.78 is 4.72. The number of esters is 1. The van der Waals surface area contributed by atoms with Crippen LogP contribution < -0.4 is 11.1 Å². The normalized spacial score (nSPS) is 25.4. The first-order valence-corrected chi connectivity index (χ1v) is 8.56. The predicted octanol–water partition coefficient (Wildman–Crippen LogP) is 2.32. The number of thiophene rings is 1. The third-order valence-corrected chi connectivity index (χ3v) is 6.26. The van der Waals surface area contributed by atoms with E-state index in [1.165, 1.54) is 13.5 Å². The van der Waals surface area contributed by atoms with Crippen LogP contribution in [0.2, 0.25) is 0 Å². The van der Waals surface area contributed by atoms with Crippen molar-refractivity contribution in [2.45, 2.75) is 32.6 Å². The van der Waals surface area contributed by atoms with Crippen molar-refractivity contribution in [2.24, 2.45) is 23.5 Å². The molecule has 0 aliphatic heterocycles. The van der Waals surface area contributed by atoms with Gasteiger partial charge in [-0.15, -0.1) is 11.3 Å². The zero-order valence-corrected chi connectivity index (χ0v) is 14.0. The molecule has 3 rings (SSSR count). The number of rotatable bonds is 4. The molecule has 0 radical (unpaired) electrons. The number of ether oxygens (including phenoxy) is 1. The highest BCUT2D eigenvalue weighted by Gasteiger charge is 2.43. The molecule has 2 aliphatic rings. The second-order valence-electron chi connectivity index (χ2n) is 6.39. The number of primary amides is 1. The Labute approximate surface area is 138 Å². The van der Waals surface area contributed by atoms with Crippen molar-refractivity contribution in [1.29, 1.82) is 0 Å². The van der Waals surface area contributed by atoms with Crippen LogP contribution in [0.15, 0.2) is 0 Å². The van der Waals surface area contributed by atoms with Crippen LogP contribution in [0, 0.1) is 24.7 Å². The summed E-state index contributed by atoms with van der Waals surface area (Å²) in [5.41, 5.74) is 6.08. The zero-order valence-electron chi connectivity index (χ0n) is 13.2. The van der Waals surface area contributed by atoms with Gasteiger partial charge in [-0.2, -0.15) is 0 Å². The van der Waals surface area contributed by atoms with Gasteiger partial charge in [0.15, 0.2) is 0 Å². The maximum atomic E-state index is 12.6. The van der Waals surface area contributed by atoms with Crippen molar-refractivity contribution >= 4 is 34.1 Å². The van der Waals surface area contributed by atoms with Crippen molar-refractivity contribution in [2.75, 3.05) is 12.4 Å². The fourth-order valence-electron chi connectivity index (χ4n) is 3.96. The van der Waals surface area contributed by atoms with Gasteiger partial charge in [0.05, 0.1) is 12.7 Å². The lowest BCUT2D eigenvalue weighted by atomic mass is 9.88. The Morgan fingerprint density at radius 1 is 1.26 bits per heavy atom. The zero-order chi connectivity index (χ0) is 16.7. The highest BCUT2D eigenvalue weighted by atomic mass is 32.1. The molecule has 0 aromatic carbocycles. The van der Waals surface area contributed by atoms with Gasteiger partial charge in [-0.05, 0) is 43.6 Å². The summed E-state index contributed by atoms with van der Waals surface area (Å²) in [6, 6.07) is 0. The molecule has 1 heterocycles. The van der Waals surface area contributed by atoms with Gasteiger partial charge in [-0.3, -0.25) is 9.59 Å². The summed E-state index contributed by atoms with van der Waals surface area (Å²) in [6.45, 7) is 1.63. The van der Waals surface area contributed by atoms with Gasteiger partial charge in [-0.1, -0.05) is 6.42 Å². The van der Waals surface area contributed by atoms with E-state index in [1.54, 1.807) is 6.92 Å². The molecule has 7 heteroatoms. The van der Waals surface area contributed by atoms with Gasteiger partial charge in [0.25, 0.3) is 5.91 Å². The van der Waals surface area contributed by atoms with Crippen molar-refractivity contribution < 1.29 is 19.1 Å². The highest BCUT2D eigenvalue weighted by Crippen LogP contribution is 2.48. The molecule has 23 heavy (non-hydrogen) atoms. The summed E-state index contributed by atoms with van der Waals surface area (Å²) in [7, 11) is 1.28. The Kier molecular flexibility index (Phi) is 4.14. The Bertz CT molecular complexity index is 682. The molecular formula is C16H20N2O4S. The number of nitrogens with two attached hydrogens (primary N) is 1. The number of amides is 2. The van der Waals surface area contributed by atoms with E-state index in [0.717, 1.165) is 30.6 Å². The molecule has 2 amide bonds. The maximum absolute atomic E-state index is 12.6. The first kappa shape index (κ1) is 16.0. The van der Waals surface area contributed by atoms with Crippen LogP contribution in [-0.2, 0) is 9.53 Å². The lowest BCUT2D eigenvalue weighted by molar-refractivity contribution is -0.121. The van der Waals surface area contributed by atoms with Crippen molar-refractivity contribution in [1.82, 2.24) is 0 Å². The Balaban J connectivity index is 1.85. The summed E-state index contributed by atoms with van der Waals surface area (Å²) in [6.07, 6.45) is 4.35. The number of carbonyl (C=O) groups is 3. The van der Waals surface area contributed by atoms with Gasteiger partial charge in [0.2, 0.25) is 5.91 Å². The van der Waals surface area contributed by atoms with Crippen molar-refractivity contribution in [3.05, 3.63) is 16.0 Å². The van der Waals surface area contributed by atoms with E-state index in [2.05, 4.69) is 5.32 Å². The van der Waals surface area contributed by atoms with E-state index < -0.39 is 11.9 Å². The Morgan fingerprint density at radius 3 is 2.52 bits per heavy atom. The number of carbonyl (C=O) groups excluding carboxylic acids is 3. The molecule has 2 fully saturated rings. The summed E-state index contributed by atoms with van der Waals surface area (Å²) >= 11 is 1.05. The van der Waals surface area contributed by atoms with E-state index in [-0.39, 0.29) is 17.4 Å².